The highest BCUT2D eigenvalue weighted by atomic mass is 35.5. The van der Waals surface area contributed by atoms with Gasteiger partial charge in [-0.25, -0.2) is 0 Å². The van der Waals surface area contributed by atoms with Gasteiger partial charge in [-0.1, -0.05) is 11.6 Å². The first-order valence-electron chi connectivity index (χ1n) is 3.49. The van der Waals surface area contributed by atoms with Crippen LogP contribution in [-0.4, -0.2) is 9.78 Å². The fourth-order valence-electron chi connectivity index (χ4n) is 1.56. The van der Waals surface area contributed by atoms with Gasteiger partial charge in [0.25, 0.3) is 0 Å². The van der Waals surface area contributed by atoms with Gasteiger partial charge in [0.15, 0.2) is 5.15 Å². The van der Waals surface area contributed by atoms with E-state index in [2.05, 4.69) is 5.10 Å². The van der Waals surface area contributed by atoms with Gasteiger partial charge in [-0.2, -0.15) is 5.10 Å². The van der Waals surface area contributed by atoms with Crippen LogP contribution in [-0.2, 0) is 19.9 Å². The van der Waals surface area contributed by atoms with E-state index in [4.69, 9.17) is 11.6 Å². The van der Waals surface area contributed by atoms with Crippen LogP contribution < -0.4 is 0 Å². The minimum Gasteiger partial charge on any atom is -0.271 e. The Kier molecular flexibility index (Phi) is 1.24. The number of nitrogens with zero attached hydrogens (tertiary/aromatic N) is 2. The summed E-state index contributed by atoms with van der Waals surface area (Å²) in [5.74, 6) is 0. The molecule has 1 aromatic heterocycles. The van der Waals surface area contributed by atoms with E-state index in [1.807, 2.05) is 11.7 Å². The number of aryl methyl sites for hydroxylation is 1. The maximum atomic E-state index is 5.86. The van der Waals surface area contributed by atoms with Gasteiger partial charge in [-0.05, 0) is 19.3 Å². The highest BCUT2D eigenvalue weighted by Crippen LogP contribution is 2.27. The summed E-state index contributed by atoms with van der Waals surface area (Å²) in [6.07, 6.45) is 3.49. The molecule has 2 rings (SSSR count). The third kappa shape index (κ3) is 0.686. The van der Waals surface area contributed by atoms with Gasteiger partial charge in [0.2, 0.25) is 0 Å². The lowest BCUT2D eigenvalue weighted by molar-refractivity contribution is 0.707. The summed E-state index contributed by atoms with van der Waals surface area (Å²) in [7, 11) is 1.95. The van der Waals surface area contributed by atoms with E-state index in [0.29, 0.717) is 5.15 Å². The molecule has 0 N–H and O–H groups in total. The van der Waals surface area contributed by atoms with Crippen molar-refractivity contribution in [3.05, 3.63) is 16.4 Å². The summed E-state index contributed by atoms with van der Waals surface area (Å²) < 4.78 is 1.89. The average molecular weight is 157 g/mol. The van der Waals surface area contributed by atoms with Gasteiger partial charge in [0.05, 0.1) is 0 Å². The third-order valence-electron chi connectivity index (χ3n) is 2.07. The molecule has 0 radical (unpaired) electrons. The molecule has 0 spiro atoms. The number of rotatable bonds is 0. The van der Waals surface area contributed by atoms with Crippen molar-refractivity contribution in [2.45, 2.75) is 19.3 Å². The molecule has 0 amide bonds. The van der Waals surface area contributed by atoms with Crippen LogP contribution in [0.4, 0.5) is 0 Å². The Balaban J connectivity index is 2.61. The molecule has 0 saturated carbocycles. The zero-order valence-electron chi connectivity index (χ0n) is 5.89. The maximum absolute atomic E-state index is 5.86. The monoisotopic (exact) mass is 156 g/mol. The Morgan fingerprint density at radius 2 is 2.30 bits per heavy atom. The van der Waals surface area contributed by atoms with Crippen molar-refractivity contribution in [1.29, 1.82) is 0 Å². The quantitative estimate of drug-likeness (QED) is 0.558. The van der Waals surface area contributed by atoms with Crippen LogP contribution >= 0.6 is 11.6 Å². The first kappa shape index (κ1) is 6.23. The first-order chi connectivity index (χ1) is 4.79. The second-order valence-corrected chi connectivity index (χ2v) is 3.05. The van der Waals surface area contributed by atoms with Crippen molar-refractivity contribution in [2.75, 3.05) is 0 Å². The van der Waals surface area contributed by atoms with Gasteiger partial charge < -0.3 is 0 Å². The second kappa shape index (κ2) is 1.99. The van der Waals surface area contributed by atoms with E-state index >= 15 is 0 Å². The van der Waals surface area contributed by atoms with Crippen molar-refractivity contribution >= 4 is 11.6 Å². The molecule has 0 saturated heterocycles. The van der Waals surface area contributed by atoms with Gasteiger partial charge in [0, 0.05) is 18.3 Å². The molecule has 1 aliphatic carbocycles. The summed E-state index contributed by atoms with van der Waals surface area (Å²) in [5.41, 5.74) is 2.59. The van der Waals surface area contributed by atoms with Gasteiger partial charge in [0.1, 0.15) is 0 Å². The molecule has 1 heterocycles. The van der Waals surface area contributed by atoms with Crippen LogP contribution in [0.15, 0.2) is 0 Å². The highest BCUT2D eigenvalue weighted by molar-refractivity contribution is 6.30. The van der Waals surface area contributed by atoms with Crippen molar-refractivity contribution in [3.8, 4) is 0 Å². The predicted octanol–water partition coefficient (Wildman–Crippen LogP) is 1.56. The maximum Gasteiger partial charge on any atom is 0.154 e. The largest absolute Gasteiger partial charge is 0.271 e. The van der Waals surface area contributed by atoms with Crippen LogP contribution in [0, 0.1) is 0 Å². The normalized spacial score (nSPS) is 15.8. The summed E-state index contributed by atoms with van der Waals surface area (Å²) in [6, 6.07) is 0. The molecular weight excluding hydrogens is 148 g/mol. The summed E-state index contributed by atoms with van der Waals surface area (Å²) in [5, 5.41) is 4.82. The van der Waals surface area contributed by atoms with E-state index in [0.717, 1.165) is 12.8 Å². The molecule has 0 aliphatic heterocycles. The first-order valence-corrected chi connectivity index (χ1v) is 3.87. The van der Waals surface area contributed by atoms with E-state index in [1.54, 1.807) is 0 Å². The highest BCUT2D eigenvalue weighted by Gasteiger charge is 2.18. The summed E-state index contributed by atoms with van der Waals surface area (Å²) in [6.45, 7) is 0. The lowest BCUT2D eigenvalue weighted by Gasteiger charge is -1.92. The zero-order chi connectivity index (χ0) is 7.14. The molecule has 3 heteroatoms. The Bertz CT molecular complexity index is 240. The molecule has 2 nitrogen and oxygen atoms in total. The van der Waals surface area contributed by atoms with Crippen LogP contribution in [0.2, 0.25) is 5.15 Å². The minimum absolute atomic E-state index is 0.704. The molecule has 0 fully saturated rings. The van der Waals surface area contributed by atoms with Gasteiger partial charge >= 0.3 is 0 Å². The Labute approximate surface area is 64.8 Å². The summed E-state index contributed by atoms with van der Waals surface area (Å²) in [4.78, 5) is 0. The van der Waals surface area contributed by atoms with Crippen molar-refractivity contribution < 1.29 is 0 Å². The van der Waals surface area contributed by atoms with Crippen LogP contribution in [0.25, 0.3) is 0 Å². The standard InChI is InChI=1S/C7H9ClN2/c1-10-6-4-2-3-5(6)7(8)9-10/h2-4H2,1H3. The van der Waals surface area contributed by atoms with Crippen LogP contribution in [0.5, 0.6) is 0 Å². The molecule has 10 heavy (non-hydrogen) atoms. The van der Waals surface area contributed by atoms with Gasteiger partial charge in [-0.3, -0.25) is 4.68 Å². The average Bonchev–Trinajstić information content (AvgIpc) is 2.39. The number of hydrogen-bond acceptors (Lipinski definition) is 1. The zero-order valence-corrected chi connectivity index (χ0v) is 6.65. The molecule has 0 unspecified atom stereocenters. The Morgan fingerprint density at radius 1 is 1.50 bits per heavy atom. The Hall–Kier alpha value is -0.500. The third-order valence-corrected chi connectivity index (χ3v) is 2.37. The van der Waals surface area contributed by atoms with Gasteiger partial charge in [-0.15, -0.1) is 0 Å². The number of fused-ring (bicyclic) bond motifs is 1. The van der Waals surface area contributed by atoms with E-state index in [9.17, 15) is 0 Å². The van der Waals surface area contributed by atoms with Crippen molar-refractivity contribution in [1.82, 2.24) is 9.78 Å². The second-order valence-electron chi connectivity index (χ2n) is 2.69. The van der Waals surface area contributed by atoms with E-state index in [-0.39, 0.29) is 0 Å². The molecule has 0 bridgehead atoms. The molecular formula is C7H9ClN2. The topological polar surface area (TPSA) is 17.8 Å². The molecule has 0 aromatic carbocycles. The SMILES string of the molecule is Cn1nc(Cl)c2c1CCC2. The predicted molar refractivity (Wildman–Crippen MR) is 40.2 cm³/mol. The Morgan fingerprint density at radius 3 is 3.00 bits per heavy atom. The summed E-state index contributed by atoms with van der Waals surface area (Å²) >= 11 is 5.86. The number of hydrogen-bond donors (Lipinski definition) is 0. The van der Waals surface area contributed by atoms with Crippen molar-refractivity contribution in [2.24, 2.45) is 7.05 Å². The van der Waals surface area contributed by atoms with E-state index < -0.39 is 0 Å². The fourth-order valence-corrected chi connectivity index (χ4v) is 1.88. The molecule has 54 valence electrons. The van der Waals surface area contributed by atoms with Crippen LogP contribution in [0.1, 0.15) is 17.7 Å². The minimum atomic E-state index is 0.704. The number of aromatic nitrogens is 2. The molecule has 1 aliphatic rings. The fraction of sp³-hybridized carbons (Fsp3) is 0.571. The van der Waals surface area contributed by atoms with E-state index in [1.165, 1.54) is 17.7 Å². The lowest BCUT2D eigenvalue weighted by Crippen LogP contribution is -1.95. The van der Waals surface area contributed by atoms with Crippen LogP contribution in [0.3, 0.4) is 0 Å². The molecule has 1 aromatic rings. The smallest absolute Gasteiger partial charge is 0.154 e. The molecule has 0 atom stereocenters. The van der Waals surface area contributed by atoms with Crippen molar-refractivity contribution in [3.63, 3.8) is 0 Å². The number of halogens is 1. The lowest BCUT2D eigenvalue weighted by atomic mass is 10.3.